The van der Waals surface area contributed by atoms with Gasteiger partial charge in [-0.05, 0) is 25.3 Å². The third-order valence-corrected chi connectivity index (χ3v) is 2.67. The topological polar surface area (TPSA) is 53.6 Å². The Morgan fingerprint density at radius 1 is 1.64 bits per heavy atom. The molecule has 4 nitrogen and oxygen atoms in total. The Hall–Kier alpha value is -0.900. The summed E-state index contributed by atoms with van der Waals surface area (Å²) in [5.41, 5.74) is 0. The van der Waals surface area contributed by atoms with Crippen LogP contribution in [0.4, 0.5) is 0 Å². The number of hydrogen-bond donors (Lipinski definition) is 2. The van der Waals surface area contributed by atoms with Gasteiger partial charge in [0.15, 0.2) is 0 Å². The predicted octanol–water partition coefficient (Wildman–Crippen LogP) is 1.65. The van der Waals surface area contributed by atoms with Gasteiger partial charge in [0, 0.05) is 0 Å². The van der Waals surface area contributed by atoms with E-state index in [-0.39, 0.29) is 0 Å². The zero-order chi connectivity index (χ0) is 9.80. The lowest BCUT2D eigenvalue weighted by Gasteiger charge is -2.14. The lowest BCUT2D eigenvalue weighted by Crippen LogP contribution is -2.23. The molecule has 2 rings (SSSR count). The summed E-state index contributed by atoms with van der Waals surface area (Å²) >= 11 is 0. The Morgan fingerprint density at radius 2 is 2.50 bits per heavy atom. The molecule has 1 saturated carbocycles. The Bertz CT molecular complexity index is 253. The van der Waals surface area contributed by atoms with Crippen LogP contribution in [0, 0.1) is 5.92 Å². The van der Waals surface area contributed by atoms with Crippen molar-refractivity contribution in [2.75, 3.05) is 6.54 Å². The number of H-pyrrole nitrogens is 1. The van der Waals surface area contributed by atoms with Gasteiger partial charge in [0.25, 0.3) is 0 Å². The highest BCUT2D eigenvalue weighted by molar-refractivity contribution is 4.94. The summed E-state index contributed by atoms with van der Waals surface area (Å²) in [7, 11) is 0. The lowest BCUT2D eigenvalue weighted by molar-refractivity contribution is 0.455. The lowest BCUT2D eigenvalue weighted by atomic mass is 10.1. The van der Waals surface area contributed by atoms with Crippen LogP contribution in [0.15, 0.2) is 6.33 Å². The number of hydrogen-bond acceptors (Lipinski definition) is 3. The monoisotopic (exact) mass is 194 g/mol. The summed E-state index contributed by atoms with van der Waals surface area (Å²) in [4.78, 5) is 4.22. The fourth-order valence-corrected chi connectivity index (χ4v) is 1.68. The average molecular weight is 194 g/mol. The molecule has 14 heavy (non-hydrogen) atoms. The van der Waals surface area contributed by atoms with Crippen molar-refractivity contribution in [3.05, 3.63) is 12.2 Å². The number of aromatic amines is 1. The zero-order valence-corrected chi connectivity index (χ0v) is 8.66. The van der Waals surface area contributed by atoms with E-state index in [1.54, 1.807) is 6.33 Å². The smallest absolute Gasteiger partial charge is 0.141 e. The van der Waals surface area contributed by atoms with Gasteiger partial charge in [-0.15, -0.1) is 0 Å². The van der Waals surface area contributed by atoms with Crippen molar-refractivity contribution in [1.82, 2.24) is 20.5 Å². The Morgan fingerprint density at radius 3 is 3.07 bits per heavy atom. The van der Waals surface area contributed by atoms with Crippen LogP contribution in [0.3, 0.4) is 0 Å². The Balaban J connectivity index is 1.90. The van der Waals surface area contributed by atoms with Crippen molar-refractivity contribution in [1.29, 1.82) is 0 Å². The van der Waals surface area contributed by atoms with Crippen LogP contribution in [0.25, 0.3) is 0 Å². The van der Waals surface area contributed by atoms with E-state index in [2.05, 4.69) is 27.4 Å². The van der Waals surface area contributed by atoms with Crippen LogP contribution < -0.4 is 5.32 Å². The number of nitrogens with zero attached hydrogens (tertiary/aromatic N) is 2. The molecular weight excluding hydrogens is 176 g/mol. The second-order valence-corrected chi connectivity index (χ2v) is 4.06. The van der Waals surface area contributed by atoms with Crippen molar-refractivity contribution in [3.8, 4) is 0 Å². The van der Waals surface area contributed by atoms with E-state index in [0.717, 1.165) is 24.7 Å². The molecule has 0 radical (unpaired) electrons. The van der Waals surface area contributed by atoms with Gasteiger partial charge in [-0.1, -0.05) is 19.8 Å². The Labute approximate surface area is 84.5 Å². The quantitative estimate of drug-likeness (QED) is 0.724. The minimum Gasteiger partial charge on any atom is -0.307 e. The number of aromatic nitrogens is 3. The molecule has 0 saturated heterocycles. The first-order valence-electron chi connectivity index (χ1n) is 5.48. The standard InChI is InChI=1S/C10H18N4/c1-2-5-11-9(6-8-3-4-8)10-12-7-13-14-10/h7-9,11H,2-6H2,1H3,(H,12,13,14). The van der Waals surface area contributed by atoms with Crippen LogP contribution in [-0.2, 0) is 0 Å². The molecule has 1 unspecified atom stereocenters. The zero-order valence-electron chi connectivity index (χ0n) is 8.66. The van der Waals surface area contributed by atoms with E-state index in [0.29, 0.717) is 6.04 Å². The molecule has 0 aromatic carbocycles. The van der Waals surface area contributed by atoms with Gasteiger partial charge in [-0.2, -0.15) is 5.10 Å². The first kappa shape index (κ1) is 9.65. The minimum atomic E-state index is 0.380. The third kappa shape index (κ3) is 2.54. The predicted molar refractivity (Wildman–Crippen MR) is 54.8 cm³/mol. The van der Waals surface area contributed by atoms with Crippen molar-refractivity contribution >= 4 is 0 Å². The molecule has 1 heterocycles. The molecule has 0 aliphatic heterocycles. The highest BCUT2D eigenvalue weighted by Crippen LogP contribution is 2.36. The molecule has 1 fully saturated rings. The SMILES string of the molecule is CCCNC(CC1CC1)c1ncn[nH]1. The van der Waals surface area contributed by atoms with Crippen molar-refractivity contribution in [3.63, 3.8) is 0 Å². The summed E-state index contributed by atoms with van der Waals surface area (Å²) in [6, 6.07) is 0.380. The van der Waals surface area contributed by atoms with Gasteiger partial charge in [0.1, 0.15) is 12.2 Å². The third-order valence-electron chi connectivity index (χ3n) is 2.67. The van der Waals surface area contributed by atoms with Gasteiger partial charge in [0.2, 0.25) is 0 Å². The van der Waals surface area contributed by atoms with Gasteiger partial charge >= 0.3 is 0 Å². The summed E-state index contributed by atoms with van der Waals surface area (Å²) in [6.45, 7) is 3.24. The van der Waals surface area contributed by atoms with Crippen LogP contribution >= 0.6 is 0 Å². The average Bonchev–Trinajstić information content (AvgIpc) is 2.84. The van der Waals surface area contributed by atoms with Crippen molar-refractivity contribution in [2.45, 2.75) is 38.6 Å². The van der Waals surface area contributed by atoms with Gasteiger partial charge in [-0.25, -0.2) is 4.98 Å². The second-order valence-electron chi connectivity index (χ2n) is 4.06. The summed E-state index contributed by atoms with van der Waals surface area (Å²) in [5.74, 6) is 1.90. The minimum absolute atomic E-state index is 0.380. The fourth-order valence-electron chi connectivity index (χ4n) is 1.68. The van der Waals surface area contributed by atoms with Crippen molar-refractivity contribution in [2.24, 2.45) is 5.92 Å². The molecule has 1 aliphatic rings. The molecule has 2 N–H and O–H groups in total. The Kier molecular flexibility index (Phi) is 3.14. The molecule has 1 atom stereocenters. The second kappa shape index (κ2) is 4.55. The molecule has 4 heteroatoms. The number of nitrogens with one attached hydrogen (secondary N) is 2. The van der Waals surface area contributed by atoms with E-state index in [4.69, 9.17) is 0 Å². The summed E-state index contributed by atoms with van der Waals surface area (Å²) in [5, 5.41) is 10.4. The fraction of sp³-hybridized carbons (Fsp3) is 0.800. The van der Waals surface area contributed by atoms with Gasteiger partial charge < -0.3 is 5.32 Å². The van der Waals surface area contributed by atoms with Gasteiger partial charge in [0.05, 0.1) is 6.04 Å². The molecule has 0 spiro atoms. The highest BCUT2D eigenvalue weighted by Gasteiger charge is 2.27. The number of rotatable bonds is 6. The first-order valence-corrected chi connectivity index (χ1v) is 5.48. The van der Waals surface area contributed by atoms with E-state index in [9.17, 15) is 0 Å². The maximum absolute atomic E-state index is 4.22. The van der Waals surface area contributed by atoms with E-state index in [1.165, 1.54) is 19.3 Å². The van der Waals surface area contributed by atoms with Crippen LogP contribution in [0.5, 0.6) is 0 Å². The van der Waals surface area contributed by atoms with Crippen molar-refractivity contribution < 1.29 is 0 Å². The van der Waals surface area contributed by atoms with E-state index >= 15 is 0 Å². The van der Waals surface area contributed by atoms with Crippen LogP contribution in [0.2, 0.25) is 0 Å². The molecule has 0 bridgehead atoms. The van der Waals surface area contributed by atoms with Gasteiger partial charge in [-0.3, -0.25) is 5.10 Å². The highest BCUT2D eigenvalue weighted by atomic mass is 15.2. The molecule has 1 aromatic heterocycles. The van der Waals surface area contributed by atoms with E-state index < -0.39 is 0 Å². The molecule has 78 valence electrons. The van der Waals surface area contributed by atoms with Crippen LogP contribution in [-0.4, -0.2) is 21.7 Å². The van der Waals surface area contributed by atoms with E-state index in [1.807, 2.05) is 0 Å². The maximum atomic E-state index is 4.22. The normalized spacial score (nSPS) is 18.4. The first-order chi connectivity index (χ1) is 6.90. The largest absolute Gasteiger partial charge is 0.307 e. The molecule has 1 aromatic rings. The molecule has 0 amide bonds. The van der Waals surface area contributed by atoms with Crippen LogP contribution in [0.1, 0.15) is 44.5 Å². The molecule has 1 aliphatic carbocycles. The summed E-state index contributed by atoms with van der Waals surface area (Å²) < 4.78 is 0. The maximum Gasteiger partial charge on any atom is 0.141 e. The summed E-state index contributed by atoms with van der Waals surface area (Å²) in [6.07, 6.45) is 6.73. The molecular formula is C10H18N4.